The maximum Gasteiger partial charge on any atom is 0.256 e. The molecular formula is C17H15Cl2NO3S. The number of rotatable bonds is 4. The fraction of sp³-hybridized carbons (Fsp3) is 0.118. The minimum atomic E-state index is -4.04. The van der Waals surface area contributed by atoms with E-state index in [2.05, 4.69) is 5.32 Å². The second-order valence-electron chi connectivity index (χ2n) is 5.23. The van der Waals surface area contributed by atoms with Crippen LogP contribution in [0.5, 0.6) is 0 Å². The van der Waals surface area contributed by atoms with Crippen molar-refractivity contribution in [1.82, 2.24) is 5.32 Å². The molecule has 4 nitrogen and oxygen atoms in total. The second-order valence-corrected chi connectivity index (χ2v) is 8.06. The van der Waals surface area contributed by atoms with Gasteiger partial charge in [-0.05, 0) is 38.1 Å². The Morgan fingerprint density at radius 3 is 1.79 bits per heavy atom. The molecular weight excluding hydrogens is 369 g/mol. The van der Waals surface area contributed by atoms with Gasteiger partial charge < -0.3 is 5.32 Å². The minimum absolute atomic E-state index is 0.00824. The van der Waals surface area contributed by atoms with Crippen molar-refractivity contribution in [3.8, 4) is 0 Å². The van der Waals surface area contributed by atoms with Gasteiger partial charge in [-0.25, -0.2) is 8.42 Å². The van der Waals surface area contributed by atoms with Crippen LogP contribution < -0.4 is 5.32 Å². The molecule has 0 aliphatic heterocycles. The van der Waals surface area contributed by atoms with Crippen molar-refractivity contribution >= 4 is 38.9 Å². The Balaban J connectivity index is 2.36. The molecule has 0 unspecified atom stereocenters. The zero-order valence-electron chi connectivity index (χ0n) is 13.0. The summed E-state index contributed by atoms with van der Waals surface area (Å²) >= 11 is 11.4. The third-order valence-electron chi connectivity index (χ3n) is 3.31. The third-order valence-corrected chi connectivity index (χ3v) is 5.65. The van der Waals surface area contributed by atoms with Gasteiger partial charge in [-0.3, -0.25) is 4.79 Å². The number of amides is 1. The predicted molar refractivity (Wildman–Crippen MR) is 95.7 cm³/mol. The number of nitrogens with one attached hydrogen (secondary N) is 1. The van der Waals surface area contributed by atoms with Crippen LogP contribution in [-0.2, 0) is 9.84 Å². The van der Waals surface area contributed by atoms with Gasteiger partial charge in [-0.2, -0.15) is 0 Å². The summed E-state index contributed by atoms with van der Waals surface area (Å²) in [5.74, 6) is -0.612. The smallest absolute Gasteiger partial charge is 0.256 e. The van der Waals surface area contributed by atoms with Crippen molar-refractivity contribution in [2.45, 2.75) is 18.7 Å². The van der Waals surface area contributed by atoms with E-state index >= 15 is 0 Å². The Morgan fingerprint density at radius 2 is 1.33 bits per heavy atom. The lowest BCUT2D eigenvalue weighted by Gasteiger charge is -2.12. The molecule has 2 rings (SSSR count). The van der Waals surface area contributed by atoms with E-state index in [-0.39, 0.29) is 4.90 Å². The summed E-state index contributed by atoms with van der Waals surface area (Å²) in [5.41, 5.74) is 2.18. The molecule has 2 aromatic rings. The number of hydrogen-bond donors (Lipinski definition) is 1. The summed E-state index contributed by atoms with van der Waals surface area (Å²) in [7, 11) is -4.04. The Labute approximate surface area is 151 Å². The highest BCUT2D eigenvalue weighted by Gasteiger charge is 2.26. The van der Waals surface area contributed by atoms with Crippen LogP contribution in [0.15, 0.2) is 62.9 Å². The van der Waals surface area contributed by atoms with Gasteiger partial charge in [0.1, 0.15) is 4.49 Å². The lowest BCUT2D eigenvalue weighted by Crippen LogP contribution is -2.28. The maximum absolute atomic E-state index is 12.7. The van der Waals surface area contributed by atoms with Gasteiger partial charge >= 0.3 is 0 Å². The van der Waals surface area contributed by atoms with Gasteiger partial charge in [0.05, 0.1) is 4.90 Å². The Kier molecular flexibility index (Phi) is 5.70. The molecule has 0 fully saturated rings. The van der Waals surface area contributed by atoms with E-state index < -0.39 is 25.3 Å². The van der Waals surface area contributed by atoms with E-state index in [0.717, 1.165) is 11.1 Å². The highest BCUT2D eigenvalue weighted by Crippen LogP contribution is 2.25. The van der Waals surface area contributed by atoms with E-state index in [4.69, 9.17) is 23.2 Å². The van der Waals surface area contributed by atoms with Gasteiger partial charge in [-0.15, -0.1) is 0 Å². The van der Waals surface area contributed by atoms with E-state index in [1.165, 1.54) is 12.1 Å². The molecule has 0 saturated carbocycles. The van der Waals surface area contributed by atoms with Crippen molar-refractivity contribution in [2.75, 3.05) is 0 Å². The van der Waals surface area contributed by atoms with Gasteiger partial charge in [0.25, 0.3) is 5.91 Å². The molecule has 0 aliphatic rings. The SMILES string of the molecule is Cc1ccc(C(=O)NC(=C(Cl)Cl)S(=O)(=O)c2ccc(C)cc2)cc1. The van der Waals surface area contributed by atoms with Crippen LogP contribution in [0.4, 0.5) is 0 Å². The molecule has 0 aromatic heterocycles. The number of carbonyl (C=O) groups excluding carboxylic acids is 1. The molecule has 0 saturated heterocycles. The summed E-state index contributed by atoms with van der Waals surface area (Å²) in [6, 6.07) is 12.8. The number of aryl methyl sites for hydroxylation is 2. The standard InChI is InChI=1S/C17H15Cl2NO3S/c1-11-3-7-13(8-4-11)16(21)20-17(15(18)19)24(22,23)14-9-5-12(2)6-10-14/h3-10H,1-2H3,(H,20,21). The summed E-state index contributed by atoms with van der Waals surface area (Å²) in [4.78, 5) is 12.3. The van der Waals surface area contributed by atoms with E-state index in [1.807, 2.05) is 13.8 Å². The normalized spacial score (nSPS) is 11.0. The number of halogens is 2. The second kappa shape index (κ2) is 7.38. The van der Waals surface area contributed by atoms with E-state index in [1.54, 1.807) is 36.4 Å². The van der Waals surface area contributed by atoms with Crippen molar-refractivity contribution in [1.29, 1.82) is 0 Å². The van der Waals surface area contributed by atoms with E-state index in [0.29, 0.717) is 5.56 Å². The average Bonchev–Trinajstić information content (AvgIpc) is 2.53. The van der Waals surface area contributed by atoms with Crippen molar-refractivity contribution in [2.24, 2.45) is 0 Å². The molecule has 1 amide bonds. The summed E-state index contributed by atoms with van der Waals surface area (Å²) in [6.45, 7) is 3.71. The monoisotopic (exact) mass is 383 g/mol. The molecule has 0 radical (unpaired) electrons. The Morgan fingerprint density at radius 1 is 0.875 bits per heavy atom. The number of carbonyl (C=O) groups is 1. The molecule has 0 atom stereocenters. The van der Waals surface area contributed by atoms with E-state index in [9.17, 15) is 13.2 Å². The van der Waals surface area contributed by atoms with Crippen molar-refractivity contribution < 1.29 is 13.2 Å². The number of hydrogen-bond acceptors (Lipinski definition) is 3. The zero-order chi connectivity index (χ0) is 17.9. The minimum Gasteiger partial charge on any atom is -0.310 e. The fourth-order valence-corrected chi connectivity index (χ4v) is 3.80. The van der Waals surface area contributed by atoms with Crippen LogP contribution in [0.1, 0.15) is 21.5 Å². The summed E-state index contributed by atoms with van der Waals surface area (Å²) in [6.07, 6.45) is 0. The zero-order valence-corrected chi connectivity index (χ0v) is 15.3. The number of sulfone groups is 1. The topological polar surface area (TPSA) is 63.2 Å². The number of benzene rings is 2. The van der Waals surface area contributed by atoms with Crippen LogP contribution in [0.3, 0.4) is 0 Å². The summed E-state index contributed by atoms with van der Waals surface area (Å²) in [5, 5.41) is 1.75. The van der Waals surface area contributed by atoms with Crippen LogP contribution in [0.25, 0.3) is 0 Å². The molecule has 0 spiro atoms. The quantitative estimate of drug-likeness (QED) is 0.863. The van der Waals surface area contributed by atoms with Crippen molar-refractivity contribution in [3.05, 3.63) is 74.7 Å². The first-order valence-electron chi connectivity index (χ1n) is 6.97. The first-order chi connectivity index (χ1) is 11.2. The third kappa shape index (κ3) is 4.17. The maximum atomic E-state index is 12.7. The lowest BCUT2D eigenvalue weighted by atomic mass is 10.1. The molecule has 1 N–H and O–H groups in total. The van der Waals surface area contributed by atoms with Crippen molar-refractivity contribution in [3.63, 3.8) is 0 Å². The first-order valence-corrected chi connectivity index (χ1v) is 9.21. The van der Waals surface area contributed by atoms with Gasteiger partial charge in [-0.1, -0.05) is 58.6 Å². The predicted octanol–water partition coefficient (Wildman–Crippen LogP) is 4.11. The van der Waals surface area contributed by atoms with Crippen LogP contribution >= 0.6 is 23.2 Å². The van der Waals surface area contributed by atoms with Crippen LogP contribution in [0, 0.1) is 13.8 Å². The average molecular weight is 384 g/mol. The molecule has 2 aromatic carbocycles. The molecule has 0 heterocycles. The molecule has 24 heavy (non-hydrogen) atoms. The molecule has 0 bridgehead atoms. The van der Waals surface area contributed by atoms with Crippen LogP contribution in [-0.4, -0.2) is 14.3 Å². The van der Waals surface area contributed by atoms with Gasteiger partial charge in [0.2, 0.25) is 9.84 Å². The fourth-order valence-electron chi connectivity index (χ4n) is 1.93. The van der Waals surface area contributed by atoms with Gasteiger partial charge in [0, 0.05) is 5.56 Å². The molecule has 7 heteroatoms. The highest BCUT2D eigenvalue weighted by atomic mass is 35.5. The first kappa shape index (κ1) is 18.5. The lowest BCUT2D eigenvalue weighted by molar-refractivity contribution is 0.0968. The van der Waals surface area contributed by atoms with Crippen LogP contribution in [0.2, 0.25) is 0 Å². The van der Waals surface area contributed by atoms with Gasteiger partial charge in [0.15, 0.2) is 5.03 Å². The summed E-state index contributed by atoms with van der Waals surface area (Å²) < 4.78 is 24.8. The highest BCUT2D eigenvalue weighted by molar-refractivity contribution is 7.95. The molecule has 0 aliphatic carbocycles. The Bertz CT molecular complexity index is 882. The Hall–Kier alpha value is -1.82. The largest absolute Gasteiger partial charge is 0.310 e. The molecule has 126 valence electrons.